The average molecular weight is 330 g/mol. The normalized spacial score (nSPS) is 18.0. The molecule has 2 heterocycles. The van der Waals surface area contributed by atoms with E-state index in [-0.39, 0.29) is 17.8 Å². The number of nitrogens with zero attached hydrogens (tertiary/aromatic N) is 3. The van der Waals surface area contributed by atoms with Gasteiger partial charge in [0.1, 0.15) is 5.82 Å². The number of halogens is 1. The molecule has 3 rings (SSSR count). The standard InChI is InChI=1S/C18H23FN4O/c1-3-23(13(2)24)17-8-9-22(12-17)11-15-10-20-21-18(15)14-4-6-16(19)7-5-14/h4-7,10,17H,3,8-9,11-12H2,1-2H3,(H,20,21)/t17-/m1/s1. The van der Waals surface area contributed by atoms with Gasteiger partial charge in [0.15, 0.2) is 0 Å². The molecule has 1 amide bonds. The zero-order valence-electron chi connectivity index (χ0n) is 14.1. The molecule has 128 valence electrons. The van der Waals surface area contributed by atoms with E-state index in [1.807, 2.05) is 18.0 Å². The van der Waals surface area contributed by atoms with Gasteiger partial charge in [0.25, 0.3) is 0 Å². The van der Waals surface area contributed by atoms with Crippen LogP contribution in [0.5, 0.6) is 0 Å². The van der Waals surface area contributed by atoms with Crippen LogP contribution in [0.15, 0.2) is 30.5 Å². The molecule has 6 heteroatoms. The second kappa shape index (κ2) is 7.13. The van der Waals surface area contributed by atoms with Crippen molar-refractivity contribution in [3.05, 3.63) is 41.8 Å². The molecule has 1 atom stereocenters. The molecule has 1 saturated heterocycles. The second-order valence-corrected chi connectivity index (χ2v) is 6.26. The fourth-order valence-corrected chi connectivity index (χ4v) is 3.49. The van der Waals surface area contributed by atoms with Gasteiger partial charge in [-0.3, -0.25) is 14.8 Å². The van der Waals surface area contributed by atoms with Gasteiger partial charge in [0.2, 0.25) is 5.91 Å². The highest BCUT2D eigenvalue weighted by atomic mass is 19.1. The third-order valence-corrected chi connectivity index (χ3v) is 4.68. The number of carbonyl (C=O) groups excluding carboxylic acids is 1. The maximum atomic E-state index is 13.1. The summed E-state index contributed by atoms with van der Waals surface area (Å²) in [5.74, 6) is -0.106. The van der Waals surface area contributed by atoms with Crippen LogP contribution in [0.3, 0.4) is 0 Å². The molecule has 1 aliphatic heterocycles. The predicted octanol–water partition coefficient (Wildman–Crippen LogP) is 2.66. The Morgan fingerprint density at radius 2 is 2.17 bits per heavy atom. The van der Waals surface area contributed by atoms with Crippen LogP contribution >= 0.6 is 0 Å². The molecule has 1 aliphatic rings. The third kappa shape index (κ3) is 3.48. The number of nitrogens with one attached hydrogen (secondary N) is 1. The van der Waals surface area contributed by atoms with E-state index in [1.54, 1.807) is 19.1 Å². The number of benzene rings is 1. The lowest BCUT2D eigenvalue weighted by atomic mass is 10.1. The van der Waals surface area contributed by atoms with Crippen LogP contribution in [-0.2, 0) is 11.3 Å². The lowest BCUT2D eigenvalue weighted by Gasteiger charge is -2.26. The molecule has 0 unspecified atom stereocenters. The van der Waals surface area contributed by atoms with Crippen LogP contribution in [-0.4, -0.2) is 51.6 Å². The van der Waals surface area contributed by atoms with E-state index in [9.17, 15) is 9.18 Å². The van der Waals surface area contributed by atoms with Crippen LogP contribution in [0.1, 0.15) is 25.8 Å². The largest absolute Gasteiger partial charge is 0.339 e. The van der Waals surface area contributed by atoms with E-state index in [2.05, 4.69) is 15.1 Å². The topological polar surface area (TPSA) is 52.2 Å². The fourth-order valence-electron chi connectivity index (χ4n) is 3.49. The van der Waals surface area contributed by atoms with Crippen molar-refractivity contribution in [2.45, 2.75) is 32.9 Å². The Bertz CT molecular complexity index is 697. The molecule has 0 spiro atoms. The molecule has 2 aromatic rings. The van der Waals surface area contributed by atoms with Gasteiger partial charge < -0.3 is 4.90 Å². The van der Waals surface area contributed by atoms with E-state index in [4.69, 9.17) is 0 Å². The van der Waals surface area contributed by atoms with Crippen molar-refractivity contribution in [2.24, 2.45) is 0 Å². The molecule has 0 radical (unpaired) electrons. The van der Waals surface area contributed by atoms with Gasteiger partial charge in [-0.1, -0.05) is 0 Å². The van der Waals surface area contributed by atoms with Crippen LogP contribution in [0.4, 0.5) is 4.39 Å². The average Bonchev–Trinajstić information content (AvgIpc) is 3.19. The minimum Gasteiger partial charge on any atom is -0.339 e. The number of rotatable bonds is 5. The zero-order valence-corrected chi connectivity index (χ0v) is 14.1. The second-order valence-electron chi connectivity index (χ2n) is 6.26. The number of carbonyl (C=O) groups is 1. The monoisotopic (exact) mass is 330 g/mol. The van der Waals surface area contributed by atoms with Gasteiger partial charge in [0.05, 0.1) is 11.9 Å². The number of amides is 1. The Labute approximate surface area is 141 Å². The van der Waals surface area contributed by atoms with Crippen LogP contribution in [0, 0.1) is 5.82 Å². The number of hydrogen-bond donors (Lipinski definition) is 1. The Morgan fingerprint density at radius 1 is 1.42 bits per heavy atom. The molecule has 1 aromatic heterocycles. The number of hydrogen-bond acceptors (Lipinski definition) is 3. The smallest absolute Gasteiger partial charge is 0.219 e. The van der Waals surface area contributed by atoms with Gasteiger partial charge in [-0.2, -0.15) is 5.10 Å². The highest BCUT2D eigenvalue weighted by Crippen LogP contribution is 2.25. The van der Waals surface area contributed by atoms with E-state index in [1.165, 1.54) is 12.1 Å². The van der Waals surface area contributed by atoms with Crippen LogP contribution < -0.4 is 0 Å². The van der Waals surface area contributed by atoms with Crippen molar-refractivity contribution >= 4 is 5.91 Å². The highest BCUT2D eigenvalue weighted by molar-refractivity contribution is 5.73. The maximum Gasteiger partial charge on any atom is 0.219 e. The molecule has 1 aromatic carbocycles. The maximum absolute atomic E-state index is 13.1. The Hall–Kier alpha value is -2.21. The predicted molar refractivity (Wildman–Crippen MR) is 90.7 cm³/mol. The SMILES string of the molecule is CCN(C(C)=O)[C@@H]1CCN(Cc2cn[nH]c2-c2ccc(F)cc2)C1. The van der Waals surface area contributed by atoms with Crippen molar-refractivity contribution in [1.82, 2.24) is 20.0 Å². The number of likely N-dealkylation sites (N-methyl/N-ethyl adjacent to an activating group) is 1. The molecule has 0 saturated carbocycles. The number of aromatic amines is 1. The molecular formula is C18H23FN4O. The van der Waals surface area contributed by atoms with E-state index >= 15 is 0 Å². The van der Waals surface area contributed by atoms with Crippen molar-refractivity contribution < 1.29 is 9.18 Å². The molecule has 1 N–H and O–H groups in total. The molecule has 0 aliphatic carbocycles. The highest BCUT2D eigenvalue weighted by Gasteiger charge is 2.28. The van der Waals surface area contributed by atoms with Crippen LogP contribution in [0.25, 0.3) is 11.3 Å². The summed E-state index contributed by atoms with van der Waals surface area (Å²) in [4.78, 5) is 16.0. The minimum absolute atomic E-state index is 0.139. The summed E-state index contributed by atoms with van der Waals surface area (Å²) in [6.45, 7) is 7.02. The van der Waals surface area contributed by atoms with Crippen molar-refractivity contribution in [1.29, 1.82) is 0 Å². The summed E-state index contributed by atoms with van der Waals surface area (Å²) < 4.78 is 13.1. The third-order valence-electron chi connectivity index (χ3n) is 4.68. The van der Waals surface area contributed by atoms with Gasteiger partial charge in [-0.25, -0.2) is 4.39 Å². The zero-order chi connectivity index (χ0) is 17.1. The summed E-state index contributed by atoms with van der Waals surface area (Å²) in [5, 5.41) is 7.17. The van der Waals surface area contributed by atoms with E-state index in [0.29, 0.717) is 0 Å². The van der Waals surface area contributed by atoms with Gasteiger partial charge >= 0.3 is 0 Å². The number of H-pyrrole nitrogens is 1. The lowest BCUT2D eigenvalue weighted by molar-refractivity contribution is -0.130. The molecule has 0 bridgehead atoms. The first-order valence-electron chi connectivity index (χ1n) is 8.36. The van der Waals surface area contributed by atoms with E-state index in [0.717, 1.165) is 49.4 Å². The van der Waals surface area contributed by atoms with Crippen molar-refractivity contribution in [3.63, 3.8) is 0 Å². The Balaban J connectivity index is 1.69. The lowest BCUT2D eigenvalue weighted by Crippen LogP contribution is -2.40. The van der Waals surface area contributed by atoms with Gasteiger partial charge in [0, 0.05) is 50.3 Å². The number of likely N-dealkylation sites (tertiary alicyclic amines) is 1. The molecule has 1 fully saturated rings. The summed E-state index contributed by atoms with van der Waals surface area (Å²) in [6.07, 6.45) is 2.83. The molecule has 24 heavy (non-hydrogen) atoms. The summed E-state index contributed by atoms with van der Waals surface area (Å²) in [7, 11) is 0. The Kier molecular flexibility index (Phi) is 4.94. The van der Waals surface area contributed by atoms with Gasteiger partial charge in [-0.05, 0) is 37.6 Å². The van der Waals surface area contributed by atoms with Crippen molar-refractivity contribution in [2.75, 3.05) is 19.6 Å². The first kappa shape index (κ1) is 16.6. The summed E-state index contributed by atoms with van der Waals surface area (Å²) in [6, 6.07) is 6.71. The fraction of sp³-hybridized carbons (Fsp3) is 0.444. The molecule has 5 nitrogen and oxygen atoms in total. The van der Waals surface area contributed by atoms with Crippen LogP contribution in [0.2, 0.25) is 0 Å². The minimum atomic E-state index is -0.244. The summed E-state index contributed by atoms with van der Waals surface area (Å²) in [5.41, 5.74) is 2.95. The first-order valence-corrected chi connectivity index (χ1v) is 8.36. The number of aromatic nitrogens is 2. The summed E-state index contributed by atoms with van der Waals surface area (Å²) >= 11 is 0. The van der Waals surface area contributed by atoms with E-state index < -0.39 is 0 Å². The first-order chi connectivity index (χ1) is 11.6. The van der Waals surface area contributed by atoms with Gasteiger partial charge in [-0.15, -0.1) is 0 Å². The van der Waals surface area contributed by atoms with Crippen molar-refractivity contribution in [3.8, 4) is 11.3 Å². The quantitative estimate of drug-likeness (QED) is 0.917. The molecular weight excluding hydrogens is 307 g/mol. The Morgan fingerprint density at radius 3 is 2.83 bits per heavy atom.